The molecule has 1 aromatic heterocycles. The Hall–Kier alpha value is -2.34. The van der Waals surface area contributed by atoms with Gasteiger partial charge in [-0.25, -0.2) is 4.98 Å². The van der Waals surface area contributed by atoms with E-state index >= 15 is 0 Å². The first-order valence-electron chi connectivity index (χ1n) is 10.4. The van der Waals surface area contributed by atoms with Gasteiger partial charge in [-0.2, -0.15) is 0 Å². The summed E-state index contributed by atoms with van der Waals surface area (Å²) in [5.41, 5.74) is 4.27. The SMILES string of the molecule is CCCSc1nc2c(c(=O)[nH]1)C(c1ccc(C(C)C)cc1)C1=C(CCCC1=O)N2. The minimum atomic E-state index is -0.364. The Labute approximate surface area is 175 Å². The first-order valence-corrected chi connectivity index (χ1v) is 11.4. The van der Waals surface area contributed by atoms with Crippen LogP contribution in [0.3, 0.4) is 0 Å². The number of carbonyl (C=O) groups is 1. The number of nitrogens with one attached hydrogen (secondary N) is 2. The highest BCUT2D eigenvalue weighted by molar-refractivity contribution is 7.99. The summed E-state index contributed by atoms with van der Waals surface area (Å²) in [6.07, 6.45) is 3.19. The molecule has 0 bridgehead atoms. The third kappa shape index (κ3) is 3.78. The molecule has 2 heterocycles. The fourth-order valence-corrected chi connectivity index (χ4v) is 4.83. The predicted molar refractivity (Wildman–Crippen MR) is 118 cm³/mol. The molecule has 1 unspecified atom stereocenters. The molecule has 2 aliphatic rings. The van der Waals surface area contributed by atoms with Crippen LogP contribution in [-0.2, 0) is 4.79 Å². The lowest BCUT2D eigenvalue weighted by Gasteiger charge is -2.33. The molecule has 2 aromatic rings. The van der Waals surface area contributed by atoms with Gasteiger partial charge in [0.1, 0.15) is 5.82 Å². The maximum absolute atomic E-state index is 13.1. The van der Waals surface area contributed by atoms with Crippen LogP contribution in [0.25, 0.3) is 0 Å². The van der Waals surface area contributed by atoms with Gasteiger partial charge >= 0.3 is 0 Å². The lowest BCUT2D eigenvalue weighted by Crippen LogP contribution is -2.32. The van der Waals surface area contributed by atoms with Crippen molar-refractivity contribution in [2.24, 2.45) is 0 Å². The number of hydrogen-bond acceptors (Lipinski definition) is 5. The highest BCUT2D eigenvalue weighted by Crippen LogP contribution is 2.43. The van der Waals surface area contributed by atoms with E-state index in [9.17, 15) is 9.59 Å². The van der Waals surface area contributed by atoms with Crippen LogP contribution >= 0.6 is 11.8 Å². The fourth-order valence-electron chi connectivity index (χ4n) is 4.11. The number of aromatic amines is 1. The zero-order chi connectivity index (χ0) is 20.5. The number of ketones is 1. The number of rotatable bonds is 5. The van der Waals surface area contributed by atoms with Gasteiger partial charge < -0.3 is 10.3 Å². The van der Waals surface area contributed by atoms with Crippen LogP contribution < -0.4 is 10.9 Å². The molecule has 6 heteroatoms. The second-order valence-corrected chi connectivity index (χ2v) is 9.11. The smallest absolute Gasteiger partial charge is 0.257 e. The number of Topliss-reactive ketones (excluding diaryl/α,β-unsaturated/α-hetero) is 1. The van der Waals surface area contributed by atoms with Crippen LogP contribution in [0.2, 0.25) is 0 Å². The van der Waals surface area contributed by atoms with Crippen molar-refractivity contribution in [2.45, 2.75) is 63.4 Å². The van der Waals surface area contributed by atoms with Gasteiger partial charge in [-0.15, -0.1) is 0 Å². The Kier molecular flexibility index (Phi) is 5.63. The Morgan fingerprint density at radius 2 is 1.93 bits per heavy atom. The van der Waals surface area contributed by atoms with E-state index in [1.54, 1.807) is 11.8 Å². The Balaban J connectivity index is 1.86. The second-order valence-electron chi connectivity index (χ2n) is 8.03. The van der Waals surface area contributed by atoms with Gasteiger partial charge in [-0.1, -0.05) is 56.8 Å². The molecule has 0 saturated heterocycles. The summed E-state index contributed by atoms with van der Waals surface area (Å²) in [4.78, 5) is 33.6. The van der Waals surface area contributed by atoms with Gasteiger partial charge in [0.05, 0.1) is 5.56 Å². The molecule has 0 fully saturated rings. The highest BCUT2D eigenvalue weighted by Gasteiger charge is 2.37. The minimum Gasteiger partial charge on any atom is -0.343 e. The van der Waals surface area contributed by atoms with Crippen molar-refractivity contribution in [3.05, 3.63) is 62.6 Å². The Morgan fingerprint density at radius 3 is 2.62 bits per heavy atom. The normalized spacial score (nSPS) is 18.5. The third-order valence-corrected chi connectivity index (χ3v) is 6.69. The molecule has 4 rings (SSSR count). The van der Waals surface area contributed by atoms with Crippen LogP contribution in [0.5, 0.6) is 0 Å². The lowest BCUT2D eigenvalue weighted by atomic mass is 9.76. The number of anilines is 1. The first kappa shape index (κ1) is 20.0. The van der Waals surface area contributed by atoms with Gasteiger partial charge in [-0.05, 0) is 36.3 Å². The van der Waals surface area contributed by atoms with E-state index in [0.717, 1.165) is 41.8 Å². The summed E-state index contributed by atoms with van der Waals surface area (Å²) in [6.45, 7) is 6.41. The van der Waals surface area contributed by atoms with Crippen LogP contribution in [0, 0.1) is 0 Å². The van der Waals surface area contributed by atoms with Gasteiger partial charge in [0.15, 0.2) is 10.9 Å². The van der Waals surface area contributed by atoms with Gasteiger partial charge in [0.25, 0.3) is 5.56 Å². The number of nitrogens with zero attached hydrogens (tertiary/aromatic N) is 1. The number of aromatic nitrogens is 2. The van der Waals surface area contributed by atoms with Crippen LogP contribution in [0.4, 0.5) is 5.82 Å². The van der Waals surface area contributed by atoms with Crippen molar-refractivity contribution < 1.29 is 4.79 Å². The molecular weight excluding hydrogens is 382 g/mol. The maximum atomic E-state index is 13.1. The summed E-state index contributed by atoms with van der Waals surface area (Å²) in [5, 5.41) is 3.96. The number of H-pyrrole nitrogens is 1. The average molecular weight is 410 g/mol. The van der Waals surface area contributed by atoms with Gasteiger partial charge in [0.2, 0.25) is 0 Å². The predicted octanol–water partition coefficient (Wildman–Crippen LogP) is 4.96. The fraction of sp³-hybridized carbons (Fsp3) is 0.435. The van der Waals surface area contributed by atoms with E-state index < -0.39 is 0 Å². The first-order chi connectivity index (χ1) is 14.0. The van der Waals surface area contributed by atoms with Gasteiger partial charge in [-0.3, -0.25) is 9.59 Å². The molecule has 2 N–H and O–H groups in total. The number of carbonyl (C=O) groups excluding carboxylic acids is 1. The van der Waals surface area contributed by atoms with Crippen molar-refractivity contribution in [1.29, 1.82) is 0 Å². The molecule has 1 aliphatic carbocycles. The molecular formula is C23H27N3O2S. The largest absolute Gasteiger partial charge is 0.343 e. The van der Waals surface area contributed by atoms with E-state index in [4.69, 9.17) is 4.98 Å². The molecule has 5 nitrogen and oxygen atoms in total. The van der Waals surface area contributed by atoms with Crippen LogP contribution in [-0.4, -0.2) is 21.5 Å². The van der Waals surface area contributed by atoms with Crippen LogP contribution in [0.1, 0.15) is 75.0 Å². The summed E-state index contributed by atoms with van der Waals surface area (Å²) in [5.74, 6) is 1.69. The van der Waals surface area contributed by atoms with E-state index in [1.807, 2.05) is 0 Å². The summed E-state index contributed by atoms with van der Waals surface area (Å²) < 4.78 is 0. The number of fused-ring (bicyclic) bond motifs is 1. The summed E-state index contributed by atoms with van der Waals surface area (Å²) in [6, 6.07) is 8.31. The molecule has 1 atom stereocenters. The quantitative estimate of drug-likeness (QED) is 0.539. The maximum Gasteiger partial charge on any atom is 0.257 e. The van der Waals surface area contributed by atoms with Crippen molar-refractivity contribution in [2.75, 3.05) is 11.1 Å². The van der Waals surface area contributed by atoms with E-state index in [1.165, 1.54) is 5.56 Å². The summed E-state index contributed by atoms with van der Waals surface area (Å²) >= 11 is 1.55. The third-order valence-electron chi connectivity index (χ3n) is 5.62. The van der Waals surface area contributed by atoms with Crippen molar-refractivity contribution >= 4 is 23.4 Å². The zero-order valence-corrected chi connectivity index (χ0v) is 18.0. The topological polar surface area (TPSA) is 74.8 Å². The Morgan fingerprint density at radius 1 is 1.17 bits per heavy atom. The van der Waals surface area contributed by atoms with Gasteiger partial charge in [0, 0.05) is 29.4 Å². The average Bonchev–Trinajstić information content (AvgIpc) is 2.71. The minimum absolute atomic E-state index is 0.131. The molecule has 0 saturated carbocycles. The van der Waals surface area contributed by atoms with E-state index in [0.29, 0.717) is 28.9 Å². The molecule has 152 valence electrons. The lowest BCUT2D eigenvalue weighted by molar-refractivity contribution is -0.116. The molecule has 1 aromatic carbocycles. The number of hydrogen-bond donors (Lipinski definition) is 2. The molecule has 29 heavy (non-hydrogen) atoms. The molecule has 0 spiro atoms. The number of thioether (sulfide) groups is 1. The van der Waals surface area contributed by atoms with E-state index in [2.05, 4.69) is 55.3 Å². The highest BCUT2D eigenvalue weighted by atomic mass is 32.2. The van der Waals surface area contributed by atoms with E-state index in [-0.39, 0.29) is 17.3 Å². The monoisotopic (exact) mass is 409 g/mol. The number of benzene rings is 1. The standard InChI is InChI=1S/C23H27N3O2S/c1-4-12-29-23-25-21-20(22(28)26-23)18(15-10-8-14(9-11-15)13(2)3)19-16(24-21)6-5-7-17(19)27/h8-11,13,18H,4-7,12H2,1-3H3,(H2,24,25,26,28). The van der Waals surface area contributed by atoms with Crippen molar-refractivity contribution in [3.8, 4) is 0 Å². The molecule has 1 aliphatic heterocycles. The van der Waals surface area contributed by atoms with Crippen LogP contribution in [0.15, 0.2) is 45.5 Å². The number of allylic oxidation sites excluding steroid dienone is 2. The molecule has 0 radical (unpaired) electrons. The zero-order valence-electron chi connectivity index (χ0n) is 17.2. The van der Waals surface area contributed by atoms with Crippen molar-refractivity contribution in [3.63, 3.8) is 0 Å². The second kappa shape index (κ2) is 8.19. The van der Waals surface area contributed by atoms with Crippen molar-refractivity contribution in [1.82, 2.24) is 9.97 Å². The molecule has 0 amide bonds. The summed E-state index contributed by atoms with van der Waals surface area (Å²) in [7, 11) is 0. The Bertz CT molecular complexity index is 1020.